The molecule has 1 unspecified atom stereocenters. The summed E-state index contributed by atoms with van der Waals surface area (Å²) in [5.41, 5.74) is 0.102. The first kappa shape index (κ1) is 13.0. The molecule has 3 saturated carbocycles. The lowest BCUT2D eigenvalue weighted by Crippen LogP contribution is -2.36. The van der Waals surface area contributed by atoms with E-state index in [1.165, 1.54) is 19.3 Å². The van der Waals surface area contributed by atoms with Crippen molar-refractivity contribution in [1.82, 2.24) is 15.3 Å². The Labute approximate surface area is 128 Å². The van der Waals surface area contributed by atoms with Crippen LogP contribution in [0, 0.1) is 17.3 Å². The second-order valence-corrected chi connectivity index (χ2v) is 7.75. The van der Waals surface area contributed by atoms with Gasteiger partial charge in [0, 0.05) is 12.3 Å². The number of nitrogens with zero attached hydrogens (tertiary/aromatic N) is 3. The third-order valence-electron chi connectivity index (χ3n) is 6.51. The van der Waals surface area contributed by atoms with Crippen LogP contribution in [0.1, 0.15) is 62.6 Å². The Kier molecular flexibility index (Phi) is 2.56. The quantitative estimate of drug-likeness (QED) is 0.867. The van der Waals surface area contributed by atoms with Crippen molar-refractivity contribution in [1.29, 1.82) is 0 Å². The Hall–Kier alpha value is -1.43. The third-order valence-corrected chi connectivity index (χ3v) is 6.51. The fourth-order valence-corrected chi connectivity index (χ4v) is 4.73. The minimum atomic E-state index is -0.182. The first-order valence-corrected chi connectivity index (χ1v) is 8.50. The van der Waals surface area contributed by atoms with Crippen molar-refractivity contribution >= 4 is 5.91 Å². The average molecular weight is 303 g/mol. The smallest absolute Gasteiger partial charge is 0.250 e. The van der Waals surface area contributed by atoms with Gasteiger partial charge in [0.1, 0.15) is 0 Å². The number of fused-ring (bicyclic) bond motifs is 3. The van der Waals surface area contributed by atoms with Crippen molar-refractivity contribution in [3.63, 3.8) is 0 Å². The molecule has 22 heavy (non-hydrogen) atoms. The number of carbonyl (C=O) groups is 1. The summed E-state index contributed by atoms with van der Waals surface area (Å²) >= 11 is 0. The minimum Gasteiger partial charge on any atom is -0.425 e. The summed E-state index contributed by atoms with van der Waals surface area (Å²) in [6.45, 7) is 0. The van der Waals surface area contributed by atoms with Crippen molar-refractivity contribution in [3.05, 3.63) is 11.8 Å². The van der Waals surface area contributed by atoms with Gasteiger partial charge in [0.15, 0.2) is 0 Å². The van der Waals surface area contributed by atoms with Crippen LogP contribution in [0.3, 0.4) is 0 Å². The van der Waals surface area contributed by atoms with Gasteiger partial charge in [0.25, 0.3) is 0 Å². The molecule has 3 atom stereocenters. The van der Waals surface area contributed by atoms with Crippen molar-refractivity contribution in [2.45, 2.75) is 63.3 Å². The van der Waals surface area contributed by atoms with Gasteiger partial charge in [-0.05, 0) is 49.9 Å². The molecule has 5 rings (SSSR count). The van der Waals surface area contributed by atoms with Crippen molar-refractivity contribution < 1.29 is 14.4 Å². The van der Waals surface area contributed by atoms with Crippen LogP contribution in [-0.4, -0.2) is 32.4 Å². The van der Waals surface area contributed by atoms with E-state index in [-0.39, 0.29) is 29.2 Å². The van der Waals surface area contributed by atoms with Gasteiger partial charge in [-0.1, -0.05) is 6.42 Å². The summed E-state index contributed by atoms with van der Waals surface area (Å²) in [5, 5.41) is 19.5. The normalized spacial score (nSPS) is 36.0. The molecule has 6 nitrogen and oxygen atoms in total. The lowest BCUT2D eigenvalue weighted by molar-refractivity contribution is -0.170. The van der Waals surface area contributed by atoms with Crippen molar-refractivity contribution in [3.8, 4) is 0 Å². The van der Waals surface area contributed by atoms with Crippen LogP contribution in [0.25, 0.3) is 0 Å². The van der Waals surface area contributed by atoms with Gasteiger partial charge in [-0.15, -0.1) is 10.2 Å². The first-order valence-electron chi connectivity index (χ1n) is 8.50. The maximum atomic E-state index is 12.3. The van der Waals surface area contributed by atoms with E-state index in [9.17, 15) is 10.0 Å². The molecular weight excluding hydrogens is 282 g/mol. The highest BCUT2D eigenvalue weighted by molar-refractivity contribution is 5.82. The van der Waals surface area contributed by atoms with E-state index in [1.54, 1.807) is 0 Å². The van der Waals surface area contributed by atoms with Crippen LogP contribution >= 0.6 is 0 Å². The lowest BCUT2D eigenvalue weighted by atomic mass is 9.72. The summed E-state index contributed by atoms with van der Waals surface area (Å²) in [6, 6.07) is 0.0126. The summed E-state index contributed by atoms with van der Waals surface area (Å²) in [7, 11) is 0. The van der Waals surface area contributed by atoms with Crippen LogP contribution in [0.4, 0.5) is 0 Å². The van der Waals surface area contributed by atoms with Crippen LogP contribution < -0.4 is 0 Å². The standard InChI is InChI=1S/C16H21N3O3/c20-15-10-7-12(19(15)21)16(4-5-16)8-11(10)14-18-17-13(22-14)6-9-2-1-3-9/h9-12,21H,1-8H2/t10?,11-,12+/m1/s1. The Morgan fingerprint density at radius 2 is 2.09 bits per heavy atom. The molecule has 1 aromatic rings. The first-order chi connectivity index (χ1) is 10.7. The topological polar surface area (TPSA) is 79.5 Å². The maximum Gasteiger partial charge on any atom is 0.250 e. The van der Waals surface area contributed by atoms with Crippen molar-refractivity contribution in [2.24, 2.45) is 17.3 Å². The Bertz CT molecular complexity index is 620. The van der Waals surface area contributed by atoms with E-state index in [4.69, 9.17) is 4.42 Å². The third kappa shape index (κ3) is 1.73. The number of hydrogen-bond acceptors (Lipinski definition) is 5. The molecule has 6 heteroatoms. The van der Waals surface area contributed by atoms with Gasteiger partial charge in [0.2, 0.25) is 17.7 Å². The highest BCUT2D eigenvalue weighted by Crippen LogP contribution is 2.64. The van der Waals surface area contributed by atoms with Crippen LogP contribution in [0.5, 0.6) is 0 Å². The maximum absolute atomic E-state index is 12.3. The molecule has 1 saturated heterocycles. The van der Waals surface area contributed by atoms with Crippen LogP contribution in [-0.2, 0) is 11.2 Å². The average Bonchev–Trinajstić information content (AvgIpc) is 2.99. The highest BCUT2D eigenvalue weighted by atomic mass is 16.5. The summed E-state index contributed by atoms with van der Waals surface area (Å²) in [6.07, 6.45) is 8.51. The largest absolute Gasteiger partial charge is 0.425 e. The molecule has 1 N–H and O–H groups in total. The molecule has 0 aromatic carbocycles. The van der Waals surface area contributed by atoms with Gasteiger partial charge < -0.3 is 4.42 Å². The van der Waals surface area contributed by atoms with E-state index in [1.807, 2.05) is 0 Å². The minimum absolute atomic E-state index is 0.00830. The second kappa shape index (κ2) is 4.31. The molecule has 2 bridgehead atoms. The predicted octanol–water partition coefficient (Wildman–Crippen LogP) is 2.29. The van der Waals surface area contributed by atoms with Crippen molar-refractivity contribution in [2.75, 3.05) is 0 Å². The fourth-order valence-electron chi connectivity index (χ4n) is 4.73. The van der Waals surface area contributed by atoms with Gasteiger partial charge in [0.05, 0.1) is 12.0 Å². The van der Waals surface area contributed by atoms with Gasteiger partial charge >= 0.3 is 0 Å². The molecule has 1 spiro atoms. The molecule has 4 fully saturated rings. The summed E-state index contributed by atoms with van der Waals surface area (Å²) in [4.78, 5) is 12.3. The van der Waals surface area contributed by atoms with E-state index in [2.05, 4.69) is 10.2 Å². The zero-order valence-electron chi connectivity index (χ0n) is 12.6. The molecular formula is C16H21N3O3. The van der Waals surface area contributed by atoms with Gasteiger partial charge in [-0.2, -0.15) is 0 Å². The van der Waals surface area contributed by atoms with Crippen LogP contribution in [0.15, 0.2) is 4.42 Å². The summed E-state index contributed by atoms with van der Waals surface area (Å²) in [5.74, 6) is 1.69. The number of carbonyl (C=O) groups excluding carboxylic acids is 1. The Morgan fingerprint density at radius 1 is 1.27 bits per heavy atom. The zero-order chi connectivity index (χ0) is 14.9. The van der Waals surface area contributed by atoms with E-state index in [0.29, 0.717) is 11.8 Å². The van der Waals surface area contributed by atoms with E-state index >= 15 is 0 Å². The number of hydrogen-bond donors (Lipinski definition) is 1. The van der Waals surface area contributed by atoms with E-state index in [0.717, 1.165) is 43.1 Å². The van der Waals surface area contributed by atoms with Gasteiger partial charge in [-0.3, -0.25) is 10.0 Å². The number of aromatic nitrogens is 2. The van der Waals surface area contributed by atoms with Gasteiger partial charge in [-0.25, -0.2) is 5.06 Å². The molecule has 118 valence electrons. The summed E-state index contributed by atoms with van der Waals surface area (Å²) < 4.78 is 5.91. The number of hydroxylamine groups is 2. The van der Waals surface area contributed by atoms with Crippen LogP contribution in [0.2, 0.25) is 0 Å². The zero-order valence-corrected chi connectivity index (χ0v) is 12.6. The second-order valence-electron chi connectivity index (χ2n) is 7.75. The molecule has 0 radical (unpaired) electrons. The highest BCUT2D eigenvalue weighted by Gasteiger charge is 2.64. The predicted molar refractivity (Wildman–Crippen MR) is 74.9 cm³/mol. The lowest BCUT2D eigenvalue weighted by Gasteiger charge is -2.32. The molecule has 3 aliphatic carbocycles. The number of rotatable bonds is 3. The SMILES string of the molecule is O=C1C2C[C@H](N1O)C1(CC1)C[C@H]2c1nnc(CC2CCC2)o1. The Balaban J connectivity index is 1.41. The Morgan fingerprint density at radius 3 is 2.77 bits per heavy atom. The molecule has 4 aliphatic rings. The number of amides is 1. The van der Waals surface area contributed by atoms with E-state index < -0.39 is 0 Å². The fraction of sp³-hybridized carbons (Fsp3) is 0.812. The molecule has 1 aliphatic heterocycles. The molecule has 2 heterocycles. The monoisotopic (exact) mass is 303 g/mol. The molecule has 1 amide bonds. The molecule has 1 aromatic heterocycles.